The number of ketones is 2. The van der Waals surface area contributed by atoms with Gasteiger partial charge in [0.15, 0.2) is 0 Å². The summed E-state index contributed by atoms with van der Waals surface area (Å²) >= 11 is 0. The number of para-hydroxylation sites is 1. The summed E-state index contributed by atoms with van der Waals surface area (Å²) in [6.45, 7) is 2.04. The molecular weight excluding hydrogens is 310 g/mol. The van der Waals surface area contributed by atoms with Gasteiger partial charge in [0.05, 0.1) is 0 Å². The van der Waals surface area contributed by atoms with Crippen LogP contribution in [0.4, 0.5) is 5.69 Å². The Kier molecular flexibility index (Phi) is 7.39. The van der Waals surface area contributed by atoms with Crippen molar-refractivity contribution in [3.8, 4) is 0 Å². The summed E-state index contributed by atoms with van der Waals surface area (Å²) < 4.78 is 0. The standard InChI is InChI=1S/C22H27NO2/c1-17-11-13-18(14-12-17)15-20(24)8-3-2-4-9-21(25)16-19-7-5-6-10-22(19)23/h5-7,10-14H,2-4,8-9,15-16,23H2,1H3. The molecule has 0 heterocycles. The van der Waals surface area contributed by atoms with Gasteiger partial charge in [0.25, 0.3) is 0 Å². The first-order valence-corrected chi connectivity index (χ1v) is 8.97. The minimum absolute atomic E-state index is 0.212. The molecule has 0 amide bonds. The van der Waals surface area contributed by atoms with Crippen molar-refractivity contribution in [2.45, 2.75) is 51.9 Å². The number of nitrogen functional groups attached to an aromatic ring is 1. The van der Waals surface area contributed by atoms with E-state index in [-0.39, 0.29) is 11.6 Å². The van der Waals surface area contributed by atoms with Crippen molar-refractivity contribution in [3.05, 3.63) is 65.2 Å². The van der Waals surface area contributed by atoms with Gasteiger partial charge in [0.2, 0.25) is 0 Å². The van der Waals surface area contributed by atoms with E-state index in [0.29, 0.717) is 31.4 Å². The molecule has 0 radical (unpaired) electrons. The van der Waals surface area contributed by atoms with Crippen LogP contribution >= 0.6 is 0 Å². The lowest BCUT2D eigenvalue weighted by molar-refractivity contribution is -0.118. The van der Waals surface area contributed by atoms with Crippen LogP contribution in [0, 0.1) is 6.92 Å². The van der Waals surface area contributed by atoms with Crippen molar-refractivity contribution in [3.63, 3.8) is 0 Å². The number of aryl methyl sites for hydroxylation is 1. The molecule has 2 aromatic carbocycles. The molecule has 3 heteroatoms. The number of hydrogen-bond acceptors (Lipinski definition) is 3. The van der Waals surface area contributed by atoms with E-state index in [2.05, 4.69) is 0 Å². The third-order valence-electron chi connectivity index (χ3n) is 4.38. The molecule has 0 aliphatic heterocycles. The van der Waals surface area contributed by atoms with Crippen molar-refractivity contribution in [1.82, 2.24) is 0 Å². The van der Waals surface area contributed by atoms with Gasteiger partial charge >= 0.3 is 0 Å². The predicted molar refractivity (Wildman–Crippen MR) is 103 cm³/mol. The molecular formula is C22H27NO2. The first-order valence-electron chi connectivity index (χ1n) is 8.97. The maximum absolute atomic E-state index is 12.0. The van der Waals surface area contributed by atoms with Crippen LogP contribution in [-0.4, -0.2) is 11.6 Å². The highest BCUT2D eigenvalue weighted by atomic mass is 16.1. The summed E-state index contributed by atoms with van der Waals surface area (Å²) in [5, 5.41) is 0. The van der Waals surface area contributed by atoms with Gasteiger partial charge in [-0.3, -0.25) is 9.59 Å². The summed E-state index contributed by atoms with van der Waals surface area (Å²) in [5.74, 6) is 0.483. The van der Waals surface area contributed by atoms with Gasteiger partial charge < -0.3 is 5.73 Å². The number of carbonyl (C=O) groups is 2. The van der Waals surface area contributed by atoms with Crippen molar-refractivity contribution in [2.75, 3.05) is 5.73 Å². The molecule has 0 unspecified atom stereocenters. The zero-order valence-corrected chi connectivity index (χ0v) is 15.0. The van der Waals surface area contributed by atoms with Crippen LogP contribution < -0.4 is 5.73 Å². The van der Waals surface area contributed by atoms with Crippen molar-refractivity contribution in [2.24, 2.45) is 0 Å². The van der Waals surface area contributed by atoms with Crippen LogP contribution in [0.3, 0.4) is 0 Å². The monoisotopic (exact) mass is 337 g/mol. The SMILES string of the molecule is Cc1ccc(CC(=O)CCCCCC(=O)Cc2ccccc2N)cc1. The molecule has 0 atom stereocenters. The van der Waals surface area contributed by atoms with Gasteiger partial charge in [-0.1, -0.05) is 54.4 Å². The van der Waals surface area contributed by atoms with Gasteiger partial charge in [-0.2, -0.15) is 0 Å². The Morgan fingerprint density at radius 2 is 1.40 bits per heavy atom. The Bertz CT molecular complexity index is 704. The van der Waals surface area contributed by atoms with Crippen LogP contribution in [0.5, 0.6) is 0 Å². The lowest BCUT2D eigenvalue weighted by atomic mass is 10.0. The second kappa shape index (κ2) is 9.77. The maximum Gasteiger partial charge on any atom is 0.137 e. The van der Waals surface area contributed by atoms with Crippen molar-refractivity contribution < 1.29 is 9.59 Å². The van der Waals surface area contributed by atoms with Crippen LogP contribution in [0.15, 0.2) is 48.5 Å². The molecule has 25 heavy (non-hydrogen) atoms. The normalized spacial score (nSPS) is 10.6. The molecule has 0 saturated carbocycles. The highest BCUT2D eigenvalue weighted by Crippen LogP contribution is 2.14. The highest BCUT2D eigenvalue weighted by Gasteiger charge is 2.07. The predicted octanol–water partition coefficient (Wildman–Crippen LogP) is 4.45. The van der Waals surface area contributed by atoms with Gasteiger partial charge in [-0.15, -0.1) is 0 Å². The third-order valence-corrected chi connectivity index (χ3v) is 4.38. The molecule has 2 aromatic rings. The topological polar surface area (TPSA) is 60.2 Å². The smallest absolute Gasteiger partial charge is 0.137 e. The summed E-state index contributed by atoms with van der Waals surface area (Å²) in [6.07, 6.45) is 4.66. The van der Waals surface area contributed by atoms with Crippen LogP contribution in [0.1, 0.15) is 48.8 Å². The number of Topliss-reactive ketones (excluding diaryl/α,β-unsaturated/α-hetero) is 2. The highest BCUT2D eigenvalue weighted by molar-refractivity contribution is 5.82. The molecule has 0 bridgehead atoms. The third kappa shape index (κ3) is 6.92. The molecule has 132 valence electrons. The number of benzene rings is 2. The fourth-order valence-corrected chi connectivity index (χ4v) is 2.84. The summed E-state index contributed by atoms with van der Waals surface area (Å²) in [6, 6.07) is 15.6. The van der Waals surface area contributed by atoms with Gasteiger partial charge in [0.1, 0.15) is 11.6 Å². The summed E-state index contributed by atoms with van der Waals surface area (Å²) in [4.78, 5) is 24.0. The van der Waals surface area contributed by atoms with Gasteiger partial charge in [0, 0.05) is 31.4 Å². The first kappa shape index (κ1) is 18.9. The van der Waals surface area contributed by atoms with Crippen molar-refractivity contribution >= 4 is 17.3 Å². The number of anilines is 1. The number of nitrogens with two attached hydrogens (primary N) is 1. The number of carbonyl (C=O) groups excluding carboxylic acids is 2. The Hall–Kier alpha value is -2.42. The fraction of sp³-hybridized carbons (Fsp3) is 0.364. The Morgan fingerprint density at radius 3 is 2.04 bits per heavy atom. The van der Waals surface area contributed by atoms with E-state index in [0.717, 1.165) is 30.4 Å². The fourth-order valence-electron chi connectivity index (χ4n) is 2.84. The van der Waals surface area contributed by atoms with Crippen molar-refractivity contribution in [1.29, 1.82) is 0 Å². The molecule has 0 aromatic heterocycles. The molecule has 0 fully saturated rings. The van der Waals surface area contributed by atoms with Crippen LogP contribution in [0.2, 0.25) is 0 Å². The van der Waals surface area contributed by atoms with Gasteiger partial charge in [-0.05, 0) is 37.0 Å². The number of unbranched alkanes of at least 4 members (excludes halogenated alkanes) is 2. The Morgan fingerprint density at radius 1 is 0.800 bits per heavy atom. The van der Waals surface area contributed by atoms with Crippen LogP contribution in [0.25, 0.3) is 0 Å². The zero-order chi connectivity index (χ0) is 18.1. The minimum Gasteiger partial charge on any atom is -0.398 e. The largest absolute Gasteiger partial charge is 0.398 e. The van der Waals surface area contributed by atoms with E-state index in [1.165, 1.54) is 5.56 Å². The Labute approximate surface area is 150 Å². The minimum atomic E-state index is 0.212. The summed E-state index contributed by atoms with van der Waals surface area (Å²) in [7, 11) is 0. The average Bonchev–Trinajstić information content (AvgIpc) is 2.59. The average molecular weight is 337 g/mol. The summed E-state index contributed by atoms with van der Waals surface area (Å²) in [5.41, 5.74) is 9.72. The van der Waals surface area contributed by atoms with E-state index < -0.39 is 0 Å². The lowest BCUT2D eigenvalue weighted by Crippen LogP contribution is -2.05. The molecule has 2 N–H and O–H groups in total. The van der Waals surface area contributed by atoms with E-state index in [1.54, 1.807) is 0 Å². The Balaban J connectivity index is 1.59. The molecule has 3 nitrogen and oxygen atoms in total. The van der Waals surface area contributed by atoms with E-state index in [4.69, 9.17) is 5.73 Å². The van der Waals surface area contributed by atoms with E-state index >= 15 is 0 Å². The zero-order valence-electron chi connectivity index (χ0n) is 15.0. The maximum atomic E-state index is 12.0. The number of rotatable bonds is 10. The molecule has 2 rings (SSSR count). The molecule has 0 aliphatic carbocycles. The van der Waals surface area contributed by atoms with Gasteiger partial charge in [-0.25, -0.2) is 0 Å². The van der Waals surface area contributed by atoms with E-state index in [9.17, 15) is 9.59 Å². The lowest BCUT2D eigenvalue weighted by Gasteiger charge is -2.05. The molecule has 0 spiro atoms. The first-order chi connectivity index (χ1) is 12.0. The second-order valence-corrected chi connectivity index (χ2v) is 6.68. The quantitative estimate of drug-likeness (QED) is 0.514. The van der Waals surface area contributed by atoms with E-state index in [1.807, 2.05) is 55.5 Å². The molecule has 0 saturated heterocycles. The second-order valence-electron chi connectivity index (χ2n) is 6.68. The number of hydrogen-bond donors (Lipinski definition) is 1. The van der Waals surface area contributed by atoms with Crippen LogP contribution in [-0.2, 0) is 22.4 Å². The molecule has 0 aliphatic rings.